The van der Waals surface area contributed by atoms with E-state index in [0.717, 1.165) is 0 Å². The minimum atomic E-state index is -1.83. The van der Waals surface area contributed by atoms with Gasteiger partial charge in [0.1, 0.15) is 0 Å². The van der Waals surface area contributed by atoms with E-state index in [1.54, 1.807) is 0 Å². The zero-order chi connectivity index (χ0) is 35.8. The van der Waals surface area contributed by atoms with Crippen LogP contribution in [0.5, 0.6) is 0 Å². The molecule has 0 fully saturated rings. The third-order valence-electron chi connectivity index (χ3n) is 0. The summed E-state index contributed by atoms with van der Waals surface area (Å²) in [5.74, 6) is 0. The van der Waals surface area contributed by atoms with Gasteiger partial charge < -0.3 is 102 Å². The van der Waals surface area contributed by atoms with Crippen molar-refractivity contribution in [2.24, 2.45) is 0 Å². The second kappa shape index (κ2) is 138. The molecule has 42 heteroatoms. The van der Waals surface area contributed by atoms with Crippen LogP contribution < -0.4 is 0 Å². The molecule has 0 bridgehead atoms. The Bertz CT molecular complexity index is 502. The van der Waals surface area contributed by atoms with E-state index < -0.39 is 61.6 Å². The van der Waals surface area contributed by atoms with Crippen molar-refractivity contribution in [3.05, 3.63) is 0 Å². The Hall–Kier alpha value is 4.70. The maximum absolute atomic E-state index is 8.56. The normalized spacial score (nSPS) is 4.62. The van der Waals surface area contributed by atoms with Crippen molar-refractivity contribution in [1.82, 2.24) is 0 Å². The molecular formula is C10H32Na12O30. The van der Waals surface area contributed by atoms with Gasteiger partial charge in [0.15, 0.2) is 0 Å². The van der Waals surface area contributed by atoms with Crippen LogP contribution in [0.2, 0.25) is 0 Å². The molecule has 0 saturated carbocycles. The van der Waals surface area contributed by atoms with Gasteiger partial charge in [-0.1, -0.05) is 0 Å². The van der Waals surface area contributed by atoms with Gasteiger partial charge in [-0.2, -0.15) is 0 Å². The van der Waals surface area contributed by atoms with Gasteiger partial charge in [-0.05, 0) is 0 Å². The van der Waals surface area contributed by atoms with Gasteiger partial charge in [0.2, 0.25) is 0 Å². The first-order valence-electron chi connectivity index (χ1n) is 6.51. The Kier molecular flexibility index (Phi) is 389. The van der Waals surface area contributed by atoms with Gasteiger partial charge in [-0.3, -0.25) is 0 Å². The summed E-state index contributed by atoms with van der Waals surface area (Å²) in [6, 6.07) is 0. The van der Waals surface area contributed by atoms with E-state index in [2.05, 4.69) is 0 Å². The predicted octanol–water partition coefficient (Wildman–Crippen LogP) is -5.56. The molecule has 0 spiro atoms. The van der Waals surface area contributed by atoms with E-state index in [4.69, 9.17) is 150 Å². The van der Waals surface area contributed by atoms with Crippen molar-refractivity contribution in [3.63, 3.8) is 0 Å². The monoisotopic (exact) mass is 908 g/mol. The Morgan fingerprint density at radius 2 is 0.135 bits per heavy atom. The van der Waals surface area contributed by atoms with Crippen molar-refractivity contribution >= 4 is 416 Å². The molecule has 0 aromatic carbocycles. The van der Waals surface area contributed by atoms with Crippen LogP contribution in [0.3, 0.4) is 0 Å². The molecule has 0 atom stereocenters. The topological polar surface area (TPSA) is 575 Å². The van der Waals surface area contributed by atoms with Crippen molar-refractivity contribution in [3.8, 4) is 0 Å². The van der Waals surface area contributed by atoms with Gasteiger partial charge in [0, 0.05) is 0 Å². The summed E-state index contributed by atoms with van der Waals surface area (Å²) >= 11 is 0. The molecule has 0 rings (SSSR count). The van der Waals surface area contributed by atoms with E-state index in [9.17, 15) is 0 Å². The number of rotatable bonds is 0. The van der Waals surface area contributed by atoms with Gasteiger partial charge in [-0.25, -0.2) is 47.9 Å². The van der Waals surface area contributed by atoms with E-state index in [1.165, 1.54) is 0 Å². The fourth-order valence-electron chi connectivity index (χ4n) is 0. The second-order valence-corrected chi connectivity index (χ2v) is 2.83. The zero-order valence-corrected chi connectivity index (χ0v) is 18.0. The molecule has 0 aliphatic carbocycles. The van der Waals surface area contributed by atoms with E-state index in [1.807, 2.05) is 0 Å². The SMILES string of the molecule is O=C(O)O.O=C(O)O.O=C(O)O.O=C(O)O.O=C(O)O.O=C(O)O.O=C(O)O.O=C(O)O.O=C(O)O.O=C(O)O.[NaH].[NaH].[NaH].[NaH].[NaH].[NaH].[NaH].[NaH].[NaH].[NaH].[NaH].[NaH]. The Morgan fingerprint density at radius 1 is 0.135 bits per heavy atom. The van der Waals surface area contributed by atoms with Crippen LogP contribution in [0.15, 0.2) is 0 Å². The number of carbonyl (C=O) groups is 10. The van der Waals surface area contributed by atoms with E-state index in [0.29, 0.717) is 0 Å². The van der Waals surface area contributed by atoms with Crippen LogP contribution in [-0.4, -0.2) is 518 Å². The molecule has 0 aliphatic heterocycles. The third-order valence-corrected chi connectivity index (χ3v) is 0. The number of hydrogen-bond acceptors (Lipinski definition) is 10. The number of hydrogen-bond donors (Lipinski definition) is 20. The summed E-state index contributed by atoms with van der Waals surface area (Å²) < 4.78 is 0. The molecule has 0 saturated heterocycles. The molecule has 0 aromatic heterocycles. The van der Waals surface area contributed by atoms with Crippen molar-refractivity contribution in [1.29, 1.82) is 0 Å². The molecule has 0 aliphatic rings. The van der Waals surface area contributed by atoms with Crippen LogP contribution in [0.25, 0.3) is 0 Å². The Balaban J connectivity index is -0.00000000937. The van der Waals surface area contributed by atoms with Crippen LogP contribution in [-0.2, 0) is 0 Å². The van der Waals surface area contributed by atoms with Crippen LogP contribution in [0.1, 0.15) is 0 Å². The second-order valence-electron chi connectivity index (χ2n) is 2.83. The van der Waals surface area contributed by atoms with Gasteiger partial charge >= 0.3 is 416 Å². The predicted molar refractivity (Wildman–Crippen MR) is 192 cm³/mol. The molecule has 20 N–H and O–H groups in total. The summed E-state index contributed by atoms with van der Waals surface area (Å²) in [5.41, 5.74) is 0. The van der Waals surface area contributed by atoms with Gasteiger partial charge in [-0.15, -0.1) is 0 Å². The maximum atomic E-state index is 8.56. The fraction of sp³-hybridized carbons (Fsp3) is 0. The average Bonchev–Trinajstić information content (AvgIpc) is 2.47. The number of carboxylic acid groups (broad SMARTS) is 20. The summed E-state index contributed by atoms with van der Waals surface area (Å²) in [6.45, 7) is 0. The molecule has 0 heterocycles. The standard InChI is InChI=1S/10CH2O3.12Na.12H/c10*2-1(3)4;;;;;;;;;;;;;;;;;;;;;;;;/h10*(H2,2,3,4);;;;;;;;;;;;;;;;;;;;;;;;. The molecule has 0 amide bonds. The molecule has 30 nitrogen and oxygen atoms in total. The summed E-state index contributed by atoms with van der Waals surface area (Å²) in [5, 5.41) is 139. The van der Waals surface area contributed by atoms with Crippen LogP contribution in [0, 0.1) is 0 Å². The zero-order valence-electron chi connectivity index (χ0n) is 18.0. The molecule has 0 radical (unpaired) electrons. The molecule has 0 aromatic rings. The van der Waals surface area contributed by atoms with Gasteiger partial charge in [0.25, 0.3) is 0 Å². The van der Waals surface area contributed by atoms with E-state index in [-0.39, 0.29) is 355 Å². The Morgan fingerprint density at radius 3 is 0.135 bits per heavy atom. The first kappa shape index (κ1) is 146. The summed E-state index contributed by atoms with van der Waals surface area (Å²) in [4.78, 5) is 85.6. The molecular weight excluding hydrogens is 876 g/mol. The van der Waals surface area contributed by atoms with Crippen LogP contribution in [0.4, 0.5) is 47.9 Å². The fourth-order valence-corrected chi connectivity index (χ4v) is 0. The minimum absolute atomic E-state index is 0. The van der Waals surface area contributed by atoms with Crippen molar-refractivity contribution in [2.75, 3.05) is 0 Å². The average molecular weight is 908 g/mol. The van der Waals surface area contributed by atoms with Gasteiger partial charge in [0.05, 0.1) is 0 Å². The molecule has 264 valence electrons. The third kappa shape index (κ3) is 7140. The van der Waals surface area contributed by atoms with Crippen molar-refractivity contribution < 1.29 is 150 Å². The first-order chi connectivity index (χ1) is 17.3. The summed E-state index contributed by atoms with van der Waals surface area (Å²) in [7, 11) is 0. The van der Waals surface area contributed by atoms with E-state index >= 15 is 0 Å². The Labute approximate surface area is 554 Å². The first-order valence-corrected chi connectivity index (χ1v) is 6.51. The molecule has 52 heavy (non-hydrogen) atoms. The quantitative estimate of drug-likeness (QED) is 0.101. The molecule has 0 unspecified atom stereocenters. The van der Waals surface area contributed by atoms with Crippen LogP contribution >= 0.6 is 0 Å². The summed E-state index contributed by atoms with van der Waals surface area (Å²) in [6.07, 6.45) is -18.3. The van der Waals surface area contributed by atoms with Crippen molar-refractivity contribution in [2.45, 2.75) is 0 Å².